The van der Waals surface area contributed by atoms with Gasteiger partial charge in [0.1, 0.15) is 5.78 Å². The Balaban J connectivity index is 0. The van der Waals surface area contributed by atoms with Crippen LogP contribution in [0.1, 0.15) is 13.8 Å². The molecule has 0 atom stereocenters. The van der Waals surface area contributed by atoms with E-state index in [2.05, 4.69) is 11.9 Å². The molecule has 0 saturated carbocycles. The number of carbonyl (C=O) groups is 1. The molecule has 0 saturated heterocycles. The second kappa shape index (κ2) is 12.4. The molecule has 0 radical (unpaired) electrons. The van der Waals surface area contributed by atoms with Crippen LogP contribution >= 0.6 is 0 Å². The number of allylic oxidation sites excluding steroid dienone is 4. The molecular formula is C10H17NO. The van der Waals surface area contributed by atoms with Gasteiger partial charge in [0.2, 0.25) is 0 Å². The van der Waals surface area contributed by atoms with Crippen LogP contribution in [0.3, 0.4) is 0 Å². The van der Waals surface area contributed by atoms with Crippen LogP contribution < -0.4 is 5.32 Å². The van der Waals surface area contributed by atoms with Crippen molar-refractivity contribution in [2.24, 2.45) is 0 Å². The lowest BCUT2D eigenvalue weighted by Crippen LogP contribution is -1.89. The van der Waals surface area contributed by atoms with Crippen molar-refractivity contribution in [2.75, 3.05) is 7.05 Å². The van der Waals surface area contributed by atoms with Gasteiger partial charge in [-0.05, 0) is 26.1 Å². The number of carbonyl (C=O) groups excluding carboxylic acids is 1. The fourth-order valence-corrected chi connectivity index (χ4v) is 0.294. The Kier molecular flexibility index (Phi) is 13.7. The lowest BCUT2D eigenvalue weighted by atomic mass is 10.5. The standard InChI is InChI=1S/C7H11N.C3H6O/c1-3-4-5-6-7-8-2;1-3(2)4/h3-8H,1H2,2H3;1-2H3. The Morgan fingerprint density at radius 1 is 1.25 bits per heavy atom. The number of rotatable bonds is 3. The number of hydrogen-bond donors (Lipinski definition) is 1. The van der Waals surface area contributed by atoms with Crippen LogP contribution in [0, 0.1) is 0 Å². The fourth-order valence-electron chi connectivity index (χ4n) is 0.294. The molecule has 0 heterocycles. The number of Topliss-reactive ketones (excluding diaryl/α,β-unsaturated/α-hetero) is 1. The first-order valence-electron chi connectivity index (χ1n) is 3.73. The van der Waals surface area contributed by atoms with Gasteiger partial charge < -0.3 is 10.1 Å². The van der Waals surface area contributed by atoms with E-state index in [1.165, 1.54) is 13.8 Å². The van der Waals surface area contributed by atoms with E-state index in [1.54, 1.807) is 6.08 Å². The maximum Gasteiger partial charge on any atom is 0.126 e. The summed E-state index contributed by atoms with van der Waals surface area (Å²) in [6, 6.07) is 0. The van der Waals surface area contributed by atoms with Crippen LogP contribution in [-0.2, 0) is 4.79 Å². The van der Waals surface area contributed by atoms with Crippen molar-refractivity contribution in [3.63, 3.8) is 0 Å². The summed E-state index contributed by atoms with van der Waals surface area (Å²) < 4.78 is 0. The SMILES string of the molecule is C=CC=CC=CNC.CC(C)=O. The van der Waals surface area contributed by atoms with Gasteiger partial charge in [-0.1, -0.05) is 24.8 Å². The van der Waals surface area contributed by atoms with Crippen molar-refractivity contribution in [2.45, 2.75) is 13.8 Å². The van der Waals surface area contributed by atoms with E-state index in [9.17, 15) is 4.79 Å². The summed E-state index contributed by atoms with van der Waals surface area (Å²) >= 11 is 0. The zero-order valence-corrected chi connectivity index (χ0v) is 8.00. The highest BCUT2D eigenvalue weighted by Gasteiger charge is 1.62. The van der Waals surface area contributed by atoms with Gasteiger partial charge >= 0.3 is 0 Å². The first-order valence-corrected chi connectivity index (χ1v) is 3.73. The van der Waals surface area contributed by atoms with Gasteiger partial charge in [-0.15, -0.1) is 0 Å². The van der Waals surface area contributed by atoms with Gasteiger partial charge in [0.05, 0.1) is 0 Å². The predicted octanol–water partition coefficient (Wildman–Crippen LogP) is 2.06. The summed E-state index contributed by atoms with van der Waals surface area (Å²) in [6.45, 7) is 6.57. The van der Waals surface area contributed by atoms with Crippen molar-refractivity contribution in [3.8, 4) is 0 Å². The molecule has 0 unspecified atom stereocenters. The van der Waals surface area contributed by atoms with Gasteiger partial charge in [-0.2, -0.15) is 0 Å². The Labute approximate surface area is 74.7 Å². The average Bonchev–Trinajstić information content (AvgIpc) is 1.97. The minimum atomic E-state index is 0.167. The van der Waals surface area contributed by atoms with E-state index in [0.717, 1.165) is 0 Å². The summed E-state index contributed by atoms with van der Waals surface area (Å²) in [5.41, 5.74) is 0. The molecule has 0 aromatic carbocycles. The summed E-state index contributed by atoms with van der Waals surface area (Å²) in [5, 5.41) is 2.86. The smallest absolute Gasteiger partial charge is 0.126 e. The monoisotopic (exact) mass is 167 g/mol. The minimum absolute atomic E-state index is 0.167. The van der Waals surface area contributed by atoms with Crippen LogP contribution in [0.5, 0.6) is 0 Å². The van der Waals surface area contributed by atoms with Crippen molar-refractivity contribution < 1.29 is 4.79 Å². The molecule has 1 N–H and O–H groups in total. The van der Waals surface area contributed by atoms with Gasteiger partial charge in [0, 0.05) is 7.05 Å². The summed E-state index contributed by atoms with van der Waals surface area (Å²) in [5.74, 6) is 0.167. The molecule has 0 aromatic rings. The third kappa shape index (κ3) is 37.7. The van der Waals surface area contributed by atoms with E-state index in [4.69, 9.17) is 0 Å². The second-order valence-electron chi connectivity index (χ2n) is 2.18. The Morgan fingerprint density at radius 3 is 2.08 bits per heavy atom. The van der Waals surface area contributed by atoms with Crippen LogP contribution in [0.25, 0.3) is 0 Å². The molecule has 68 valence electrons. The summed E-state index contributed by atoms with van der Waals surface area (Å²) in [6.07, 6.45) is 9.26. The van der Waals surface area contributed by atoms with Crippen molar-refractivity contribution in [1.82, 2.24) is 5.32 Å². The maximum absolute atomic E-state index is 9.44. The van der Waals surface area contributed by atoms with E-state index in [0.29, 0.717) is 0 Å². The van der Waals surface area contributed by atoms with Crippen LogP contribution in [0.2, 0.25) is 0 Å². The third-order valence-electron chi connectivity index (χ3n) is 0.621. The van der Waals surface area contributed by atoms with Crippen LogP contribution in [0.4, 0.5) is 0 Å². The van der Waals surface area contributed by atoms with E-state index in [1.807, 2.05) is 31.5 Å². The second-order valence-corrected chi connectivity index (χ2v) is 2.18. The van der Waals surface area contributed by atoms with Crippen molar-refractivity contribution in [1.29, 1.82) is 0 Å². The van der Waals surface area contributed by atoms with Gasteiger partial charge in [0.15, 0.2) is 0 Å². The molecule has 0 spiro atoms. The zero-order chi connectivity index (χ0) is 9.82. The van der Waals surface area contributed by atoms with Gasteiger partial charge in [-0.25, -0.2) is 0 Å². The van der Waals surface area contributed by atoms with E-state index >= 15 is 0 Å². The number of hydrogen-bond acceptors (Lipinski definition) is 2. The first kappa shape index (κ1) is 13.3. The number of ketones is 1. The molecule has 0 amide bonds. The summed E-state index contributed by atoms with van der Waals surface area (Å²) in [7, 11) is 1.86. The molecule has 0 aromatic heterocycles. The molecule has 2 nitrogen and oxygen atoms in total. The Morgan fingerprint density at radius 2 is 1.75 bits per heavy atom. The summed E-state index contributed by atoms with van der Waals surface area (Å²) in [4.78, 5) is 9.44. The maximum atomic E-state index is 9.44. The van der Waals surface area contributed by atoms with Gasteiger partial charge in [-0.3, -0.25) is 0 Å². The molecule has 0 aliphatic heterocycles. The Bertz CT molecular complexity index is 165. The molecule has 0 bridgehead atoms. The van der Waals surface area contributed by atoms with Crippen molar-refractivity contribution >= 4 is 5.78 Å². The highest BCUT2D eigenvalue weighted by atomic mass is 16.1. The topological polar surface area (TPSA) is 29.1 Å². The van der Waals surface area contributed by atoms with E-state index in [-0.39, 0.29) is 5.78 Å². The predicted molar refractivity (Wildman–Crippen MR) is 53.9 cm³/mol. The Hall–Kier alpha value is -1.31. The van der Waals surface area contributed by atoms with Crippen LogP contribution in [0.15, 0.2) is 37.1 Å². The number of nitrogens with one attached hydrogen (secondary N) is 1. The average molecular weight is 167 g/mol. The third-order valence-corrected chi connectivity index (χ3v) is 0.621. The molecular weight excluding hydrogens is 150 g/mol. The largest absolute Gasteiger partial charge is 0.394 e. The highest BCUT2D eigenvalue weighted by Crippen LogP contribution is 1.73. The minimum Gasteiger partial charge on any atom is -0.394 e. The van der Waals surface area contributed by atoms with Crippen molar-refractivity contribution in [3.05, 3.63) is 37.1 Å². The van der Waals surface area contributed by atoms with Gasteiger partial charge in [0.25, 0.3) is 0 Å². The highest BCUT2D eigenvalue weighted by molar-refractivity contribution is 5.72. The molecule has 2 heteroatoms. The first-order chi connectivity index (χ1) is 5.65. The zero-order valence-electron chi connectivity index (χ0n) is 8.00. The molecule has 0 aliphatic rings. The fraction of sp³-hybridized carbons (Fsp3) is 0.300. The lowest BCUT2D eigenvalue weighted by Gasteiger charge is -1.77. The quantitative estimate of drug-likeness (QED) is 0.652. The normalized spacial score (nSPS) is 9.25. The molecule has 0 aliphatic carbocycles. The molecule has 0 rings (SSSR count). The lowest BCUT2D eigenvalue weighted by molar-refractivity contribution is -0.114. The van der Waals surface area contributed by atoms with E-state index < -0.39 is 0 Å². The van der Waals surface area contributed by atoms with Crippen LogP contribution in [-0.4, -0.2) is 12.8 Å². The molecule has 12 heavy (non-hydrogen) atoms. The molecule has 0 fully saturated rings.